The van der Waals surface area contributed by atoms with Gasteiger partial charge in [-0.25, -0.2) is 0 Å². The zero-order chi connectivity index (χ0) is 19.3. The van der Waals surface area contributed by atoms with Crippen LogP contribution in [0.4, 0.5) is 5.69 Å². The number of nitrogens with one attached hydrogen (secondary N) is 3. The maximum absolute atomic E-state index is 11.7. The Labute approximate surface area is 149 Å². The van der Waals surface area contributed by atoms with E-state index in [4.69, 9.17) is 9.26 Å². The van der Waals surface area contributed by atoms with Crippen molar-refractivity contribution in [2.24, 2.45) is 0 Å². The van der Waals surface area contributed by atoms with E-state index in [0.29, 0.717) is 34.4 Å². The third kappa shape index (κ3) is 2.77. The summed E-state index contributed by atoms with van der Waals surface area (Å²) in [6.45, 7) is 1.62. The van der Waals surface area contributed by atoms with Crippen molar-refractivity contribution in [1.82, 2.24) is 15.1 Å². The summed E-state index contributed by atoms with van der Waals surface area (Å²) in [5, 5.41) is 13.7. The van der Waals surface area contributed by atoms with Crippen LogP contribution in [0.1, 0.15) is 22.5 Å². The first-order chi connectivity index (χ1) is 12.8. The monoisotopic (exact) mass is 374 g/mol. The van der Waals surface area contributed by atoms with Crippen molar-refractivity contribution in [3.63, 3.8) is 0 Å². The molecule has 2 aromatic heterocycles. The molecule has 0 aliphatic heterocycles. The number of nitro benzene ring substituents is 1. The van der Waals surface area contributed by atoms with Crippen LogP contribution < -0.4 is 16.7 Å². The SMILES string of the molecule is Cc1o[nH]c(=O)c1COC1Cc2c([N+](=O)[O-])cc3[nH]c(=O)c(=O)[nH]c3c2C1. The molecule has 3 aromatic rings. The molecule has 0 saturated heterocycles. The number of benzene rings is 1. The van der Waals surface area contributed by atoms with Crippen molar-refractivity contribution in [3.8, 4) is 0 Å². The Morgan fingerprint density at radius 3 is 2.56 bits per heavy atom. The number of fused-ring (bicyclic) bond motifs is 3. The van der Waals surface area contributed by atoms with E-state index in [0.717, 1.165) is 0 Å². The zero-order valence-electron chi connectivity index (χ0n) is 14.1. The Hall–Kier alpha value is -3.47. The predicted molar refractivity (Wildman–Crippen MR) is 91.9 cm³/mol. The number of H-pyrrole nitrogens is 3. The van der Waals surface area contributed by atoms with E-state index in [1.807, 2.05) is 0 Å². The fraction of sp³-hybridized carbons (Fsp3) is 0.312. The van der Waals surface area contributed by atoms with E-state index in [2.05, 4.69) is 15.1 Å². The van der Waals surface area contributed by atoms with Crippen molar-refractivity contribution < 1.29 is 14.2 Å². The number of nitrogens with zero attached hydrogens (tertiary/aromatic N) is 1. The van der Waals surface area contributed by atoms with E-state index in [9.17, 15) is 24.5 Å². The fourth-order valence-electron chi connectivity index (χ4n) is 3.39. The first-order valence-corrected chi connectivity index (χ1v) is 8.09. The van der Waals surface area contributed by atoms with Crippen LogP contribution in [0.2, 0.25) is 0 Å². The molecule has 1 atom stereocenters. The average molecular weight is 374 g/mol. The molecule has 0 radical (unpaired) electrons. The van der Waals surface area contributed by atoms with Gasteiger partial charge in [0.2, 0.25) is 0 Å². The second-order valence-corrected chi connectivity index (χ2v) is 6.35. The molecule has 1 aromatic carbocycles. The van der Waals surface area contributed by atoms with Crippen molar-refractivity contribution in [3.05, 3.63) is 69.7 Å². The van der Waals surface area contributed by atoms with E-state index in [1.165, 1.54) is 6.07 Å². The van der Waals surface area contributed by atoms with E-state index in [-0.39, 0.29) is 29.8 Å². The molecule has 1 aliphatic rings. The highest BCUT2D eigenvalue weighted by molar-refractivity contribution is 5.83. The molecular formula is C16H14N4O7. The van der Waals surface area contributed by atoms with Gasteiger partial charge in [-0.1, -0.05) is 0 Å². The van der Waals surface area contributed by atoms with E-state index >= 15 is 0 Å². The first-order valence-electron chi connectivity index (χ1n) is 8.09. The van der Waals surface area contributed by atoms with Crippen LogP contribution in [0.3, 0.4) is 0 Å². The Balaban J connectivity index is 1.72. The zero-order valence-corrected chi connectivity index (χ0v) is 14.1. The number of rotatable bonds is 4. The molecule has 4 rings (SSSR count). The maximum Gasteiger partial charge on any atom is 0.314 e. The van der Waals surface area contributed by atoms with E-state index < -0.39 is 22.1 Å². The molecular weight excluding hydrogens is 360 g/mol. The minimum absolute atomic E-state index is 0.00456. The molecule has 27 heavy (non-hydrogen) atoms. The summed E-state index contributed by atoms with van der Waals surface area (Å²) in [5.41, 5.74) is -0.362. The fourth-order valence-corrected chi connectivity index (χ4v) is 3.39. The third-order valence-corrected chi connectivity index (χ3v) is 4.74. The molecule has 0 saturated carbocycles. The Kier molecular flexibility index (Phi) is 3.81. The van der Waals surface area contributed by atoms with Crippen LogP contribution in [0, 0.1) is 17.0 Å². The minimum Gasteiger partial charge on any atom is -0.383 e. The number of aryl methyl sites for hydroxylation is 1. The number of ether oxygens (including phenoxy) is 1. The number of nitro groups is 1. The summed E-state index contributed by atoms with van der Waals surface area (Å²) in [6.07, 6.45) is 0.121. The summed E-state index contributed by atoms with van der Waals surface area (Å²) in [5.74, 6) is 0.411. The smallest absolute Gasteiger partial charge is 0.314 e. The van der Waals surface area contributed by atoms with Crippen molar-refractivity contribution in [2.45, 2.75) is 32.5 Å². The van der Waals surface area contributed by atoms with E-state index in [1.54, 1.807) is 6.92 Å². The summed E-state index contributed by atoms with van der Waals surface area (Å²) < 4.78 is 10.7. The molecule has 2 heterocycles. The van der Waals surface area contributed by atoms with Gasteiger partial charge < -0.3 is 19.2 Å². The lowest BCUT2D eigenvalue weighted by molar-refractivity contribution is -0.385. The largest absolute Gasteiger partial charge is 0.383 e. The van der Waals surface area contributed by atoms with Gasteiger partial charge in [0.05, 0.1) is 34.2 Å². The number of aromatic amines is 3. The van der Waals surface area contributed by atoms with Gasteiger partial charge in [-0.3, -0.25) is 24.5 Å². The topological polar surface area (TPSA) is 164 Å². The number of aromatic nitrogens is 3. The van der Waals surface area contributed by atoms with Crippen LogP contribution in [0.15, 0.2) is 25.0 Å². The Morgan fingerprint density at radius 2 is 1.89 bits per heavy atom. The lowest BCUT2D eigenvalue weighted by atomic mass is 10.1. The molecule has 1 unspecified atom stereocenters. The molecule has 0 amide bonds. The van der Waals surface area contributed by atoms with Crippen LogP contribution in [0.25, 0.3) is 11.0 Å². The maximum atomic E-state index is 11.7. The van der Waals surface area contributed by atoms with Gasteiger partial charge in [-0.15, -0.1) is 0 Å². The molecule has 140 valence electrons. The Bertz CT molecular complexity index is 1250. The second kappa shape index (κ2) is 6.06. The minimum atomic E-state index is -0.878. The molecule has 0 fully saturated rings. The van der Waals surface area contributed by atoms with Crippen LogP contribution in [0.5, 0.6) is 0 Å². The highest BCUT2D eigenvalue weighted by Crippen LogP contribution is 2.36. The van der Waals surface area contributed by atoms with Gasteiger partial charge in [-0.05, 0) is 12.5 Å². The summed E-state index contributed by atoms with van der Waals surface area (Å²) in [6, 6.07) is 1.23. The number of hydrogen-bond acceptors (Lipinski definition) is 7. The molecule has 11 nitrogen and oxygen atoms in total. The molecule has 11 heteroatoms. The van der Waals surface area contributed by atoms with Gasteiger partial charge in [0.25, 0.3) is 11.2 Å². The number of hydrogen-bond donors (Lipinski definition) is 3. The average Bonchev–Trinajstić information content (AvgIpc) is 3.17. The molecule has 3 N–H and O–H groups in total. The van der Waals surface area contributed by atoms with Crippen molar-refractivity contribution in [1.29, 1.82) is 0 Å². The summed E-state index contributed by atoms with van der Waals surface area (Å²) in [4.78, 5) is 50.6. The standard InChI is InChI=1S/C16H14N4O7/c1-6-10(14(21)19-27-6)5-26-7-2-8-9(3-7)13-11(4-12(8)20(24)25)17-15(22)16(23)18-13/h4,7H,2-3,5H2,1H3,(H,17,22)(H,18,23)(H,19,21). The van der Waals surface area contributed by atoms with Gasteiger partial charge in [0.1, 0.15) is 5.76 Å². The summed E-state index contributed by atoms with van der Waals surface area (Å²) in [7, 11) is 0. The molecule has 0 spiro atoms. The van der Waals surface area contributed by atoms with Crippen LogP contribution in [-0.2, 0) is 24.2 Å². The van der Waals surface area contributed by atoms with Crippen molar-refractivity contribution in [2.75, 3.05) is 0 Å². The lowest BCUT2D eigenvalue weighted by Crippen LogP contribution is -2.29. The first kappa shape index (κ1) is 17.0. The molecule has 0 bridgehead atoms. The van der Waals surface area contributed by atoms with Gasteiger partial charge >= 0.3 is 11.1 Å². The quantitative estimate of drug-likeness (QED) is 0.338. The van der Waals surface area contributed by atoms with Gasteiger partial charge in [0.15, 0.2) is 0 Å². The predicted octanol–water partition coefficient (Wildman–Crippen LogP) is 0.398. The van der Waals surface area contributed by atoms with Crippen molar-refractivity contribution >= 4 is 16.7 Å². The van der Waals surface area contributed by atoms with Crippen LogP contribution in [-0.4, -0.2) is 26.2 Å². The third-order valence-electron chi connectivity index (χ3n) is 4.74. The highest BCUT2D eigenvalue weighted by atomic mass is 16.6. The van der Waals surface area contributed by atoms with Gasteiger partial charge in [-0.2, -0.15) is 5.16 Å². The van der Waals surface area contributed by atoms with Gasteiger partial charge in [0, 0.05) is 24.5 Å². The summed E-state index contributed by atoms with van der Waals surface area (Å²) >= 11 is 0. The highest BCUT2D eigenvalue weighted by Gasteiger charge is 2.32. The normalized spacial score (nSPS) is 16.0. The Morgan fingerprint density at radius 1 is 1.19 bits per heavy atom. The lowest BCUT2D eigenvalue weighted by Gasteiger charge is -2.09. The second-order valence-electron chi connectivity index (χ2n) is 6.35. The molecule has 1 aliphatic carbocycles. The van der Waals surface area contributed by atoms with Crippen LogP contribution >= 0.6 is 0 Å².